The first-order chi connectivity index (χ1) is 5.54. The minimum atomic E-state index is -4.10. The molecule has 0 aliphatic rings. The Balaban J connectivity index is 3.20. The summed E-state index contributed by atoms with van der Waals surface area (Å²) in [5.41, 5.74) is 0.783. The van der Waals surface area contributed by atoms with E-state index in [1.54, 1.807) is 6.20 Å². The summed E-state index contributed by atoms with van der Waals surface area (Å²) in [6.07, 6.45) is 3.37. The number of nitrogens with zero attached hydrogens (tertiary/aromatic N) is 1. The van der Waals surface area contributed by atoms with Crippen LogP contribution in [0.5, 0.6) is 0 Å². The second-order valence-electron chi connectivity index (χ2n) is 2.36. The maximum atomic E-state index is 10.6. The lowest BCUT2D eigenvalue weighted by Crippen LogP contribution is -1.99. The molecular formula is C7H9NO3S. The number of aryl methyl sites for hydroxylation is 1. The van der Waals surface area contributed by atoms with E-state index in [1.807, 2.05) is 6.92 Å². The van der Waals surface area contributed by atoms with E-state index in [9.17, 15) is 8.42 Å². The molecule has 12 heavy (non-hydrogen) atoms. The predicted octanol–water partition coefficient (Wildman–Crippen LogP) is 0.891. The molecule has 66 valence electrons. The van der Waals surface area contributed by atoms with Gasteiger partial charge in [-0.2, -0.15) is 8.42 Å². The molecule has 0 saturated heterocycles. The van der Waals surface area contributed by atoms with Gasteiger partial charge in [-0.05, 0) is 18.1 Å². The van der Waals surface area contributed by atoms with E-state index in [0.717, 1.165) is 11.8 Å². The van der Waals surface area contributed by atoms with E-state index in [4.69, 9.17) is 4.55 Å². The van der Waals surface area contributed by atoms with E-state index in [2.05, 4.69) is 4.98 Å². The Hall–Kier alpha value is -0.940. The van der Waals surface area contributed by atoms with Gasteiger partial charge in [-0.15, -0.1) is 0 Å². The quantitative estimate of drug-likeness (QED) is 0.698. The molecule has 1 aromatic rings. The highest BCUT2D eigenvalue weighted by Crippen LogP contribution is 2.08. The Morgan fingerprint density at radius 3 is 2.67 bits per heavy atom. The van der Waals surface area contributed by atoms with Gasteiger partial charge in [0.1, 0.15) is 4.90 Å². The molecule has 0 unspecified atom stereocenters. The molecule has 0 amide bonds. The Morgan fingerprint density at radius 1 is 1.50 bits per heavy atom. The van der Waals surface area contributed by atoms with Crippen LogP contribution < -0.4 is 0 Å². The number of aromatic nitrogens is 1. The van der Waals surface area contributed by atoms with Crippen molar-refractivity contribution >= 4 is 10.1 Å². The van der Waals surface area contributed by atoms with Gasteiger partial charge in [-0.1, -0.05) is 6.92 Å². The Morgan fingerprint density at radius 2 is 2.17 bits per heavy atom. The third-order valence-electron chi connectivity index (χ3n) is 1.48. The van der Waals surface area contributed by atoms with Crippen LogP contribution in [0, 0.1) is 0 Å². The molecule has 0 aliphatic carbocycles. The first-order valence-electron chi connectivity index (χ1n) is 3.45. The van der Waals surface area contributed by atoms with E-state index in [0.29, 0.717) is 6.42 Å². The molecule has 0 radical (unpaired) electrons. The molecule has 0 saturated carbocycles. The summed E-state index contributed by atoms with van der Waals surface area (Å²) >= 11 is 0. The fraction of sp³-hybridized carbons (Fsp3) is 0.286. The van der Waals surface area contributed by atoms with Crippen LogP contribution in [0.4, 0.5) is 0 Å². The first kappa shape index (κ1) is 9.15. The summed E-state index contributed by atoms with van der Waals surface area (Å²) in [6.45, 7) is 1.88. The summed E-state index contributed by atoms with van der Waals surface area (Å²) in [4.78, 5) is 3.53. The number of hydrogen-bond donors (Lipinski definition) is 1. The van der Waals surface area contributed by atoms with Gasteiger partial charge >= 0.3 is 0 Å². The van der Waals surface area contributed by atoms with Gasteiger partial charge in [0.2, 0.25) is 0 Å². The summed E-state index contributed by atoms with van der Waals surface area (Å²) in [5.74, 6) is 0. The van der Waals surface area contributed by atoms with Crippen LogP contribution in [0.15, 0.2) is 23.4 Å². The van der Waals surface area contributed by atoms with Crippen LogP contribution in [-0.2, 0) is 16.5 Å². The maximum absolute atomic E-state index is 10.6. The van der Waals surface area contributed by atoms with Gasteiger partial charge in [0.15, 0.2) is 0 Å². The van der Waals surface area contributed by atoms with E-state index < -0.39 is 10.1 Å². The van der Waals surface area contributed by atoms with Crippen molar-refractivity contribution in [3.63, 3.8) is 0 Å². The molecular weight excluding hydrogens is 178 g/mol. The minimum absolute atomic E-state index is 0.151. The lowest BCUT2D eigenvalue weighted by atomic mass is 10.2. The van der Waals surface area contributed by atoms with Crippen molar-refractivity contribution in [2.75, 3.05) is 0 Å². The monoisotopic (exact) mass is 187 g/mol. The van der Waals surface area contributed by atoms with Gasteiger partial charge in [0, 0.05) is 12.4 Å². The van der Waals surface area contributed by atoms with Crippen molar-refractivity contribution in [3.05, 3.63) is 24.0 Å². The molecule has 5 heteroatoms. The first-order valence-corrected chi connectivity index (χ1v) is 4.89. The van der Waals surface area contributed by atoms with Crippen LogP contribution in [0.25, 0.3) is 0 Å². The largest absolute Gasteiger partial charge is 0.296 e. The highest BCUT2D eigenvalue weighted by atomic mass is 32.2. The summed E-state index contributed by atoms with van der Waals surface area (Å²) in [5, 5.41) is 0. The Labute approximate surface area is 71.0 Å². The molecule has 0 atom stereocenters. The predicted molar refractivity (Wildman–Crippen MR) is 43.4 cm³/mol. The van der Waals surface area contributed by atoms with Crippen LogP contribution >= 0.6 is 0 Å². The lowest BCUT2D eigenvalue weighted by Gasteiger charge is -1.98. The SMILES string of the molecule is CCc1cncc(S(=O)(=O)O)c1. The fourth-order valence-electron chi connectivity index (χ4n) is 0.798. The van der Waals surface area contributed by atoms with Crippen LogP contribution in [0.2, 0.25) is 0 Å². The van der Waals surface area contributed by atoms with E-state index in [-0.39, 0.29) is 4.90 Å². The maximum Gasteiger partial charge on any atom is 0.296 e. The van der Waals surface area contributed by atoms with Crippen molar-refractivity contribution in [3.8, 4) is 0 Å². The molecule has 1 heterocycles. The second kappa shape index (κ2) is 3.20. The standard InChI is InChI=1S/C7H9NO3S/c1-2-6-3-7(5-8-4-6)12(9,10)11/h3-5H,2H2,1H3,(H,9,10,11). The number of pyridine rings is 1. The molecule has 1 aromatic heterocycles. The van der Waals surface area contributed by atoms with Crippen molar-refractivity contribution in [1.29, 1.82) is 0 Å². The van der Waals surface area contributed by atoms with Crippen LogP contribution in [-0.4, -0.2) is 18.0 Å². The van der Waals surface area contributed by atoms with Crippen LogP contribution in [0.3, 0.4) is 0 Å². The lowest BCUT2D eigenvalue weighted by molar-refractivity contribution is 0.482. The van der Waals surface area contributed by atoms with Gasteiger partial charge in [-0.25, -0.2) is 0 Å². The molecule has 0 aromatic carbocycles. The Kier molecular flexibility index (Phi) is 2.44. The minimum Gasteiger partial charge on any atom is -0.282 e. The molecule has 1 rings (SSSR count). The van der Waals surface area contributed by atoms with Crippen molar-refractivity contribution in [2.45, 2.75) is 18.2 Å². The fourth-order valence-corrected chi connectivity index (χ4v) is 1.29. The zero-order valence-corrected chi connectivity index (χ0v) is 7.37. The average molecular weight is 187 g/mol. The van der Waals surface area contributed by atoms with Crippen LogP contribution in [0.1, 0.15) is 12.5 Å². The van der Waals surface area contributed by atoms with E-state index >= 15 is 0 Å². The number of hydrogen-bond acceptors (Lipinski definition) is 3. The van der Waals surface area contributed by atoms with Crippen molar-refractivity contribution in [1.82, 2.24) is 4.98 Å². The second-order valence-corrected chi connectivity index (χ2v) is 3.78. The topological polar surface area (TPSA) is 67.3 Å². The highest BCUT2D eigenvalue weighted by molar-refractivity contribution is 7.85. The normalized spacial score (nSPS) is 11.5. The van der Waals surface area contributed by atoms with Gasteiger partial charge < -0.3 is 0 Å². The molecule has 0 fully saturated rings. The van der Waals surface area contributed by atoms with Gasteiger partial charge in [0.25, 0.3) is 10.1 Å². The zero-order chi connectivity index (χ0) is 9.19. The molecule has 0 aliphatic heterocycles. The van der Waals surface area contributed by atoms with Gasteiger partial charge in [-0.3, -0.25) is 9.54 Å². The highest BCUT2D eigenvalue weighted by Gasteiger charge is 2.09. The van der Waals surface area contributed by atoms with E-state index in [1.165, 1.54) is 6.07 Å². The summed E-state index contributed by atoms with van der Waals surface area (Å²) in [7, 11) is -4.10. The molecule has 0 bridgehead atoms. The molecule has 4 nitrogen and oxygen atoms in total. The zero-order valence-electron chi connectivity index (χ0n) is 6.56. The summed E-state index contributed by atoms with van der Waals surface area (Å²) in [6, 6.07) is 1.41. The molecule has 1 N–H and O–H groups in total. The number of rotatable bonds is 2. The smallest absolute Gasteiger partial charge is 0.282 e. The summed E-state index contributed by atoms with van der Waals surface area (Å²) < 4.78 is 29.9. The van der Waals surface area contributed by atoms with Crippen molar-refractivity contribution < 1.29 is 13.0 Å². The van der Waals surface area contributed by atoms with Gasteiger partial charge in [0.05, 0.1) is 0 Å². The third kappa shape index (κ3) is 2.02. The average Bonchev–Trinajstić information content (AvgIpc) is 2.03. The molecule has 0 spiro atoms. The third-order valence-corrected chi connectivity index (χ3v) is 2.29. The van der Waals surface area contributed by atoms with Crippen molar-refractivity contribution in [2.24, 2.45) is 0 Å². The Bertz CT molecular complexity index is 372.